The molecule has 0 spiro atoms. The zero-order valence-electron chi connectivity index (χ0n) is 34.9. The number of aliphatic carboxylic acids is 1. The molecule has 2 saturated carbocycles. The van der Waals surface area contributed by atoms with Gasteiger partial charge in [-0.25, -0.2) is 4.98 Å². The SMILES string of the molecule is COC(=O)C12CCC(CCN3CCc4c(nc(C(=O)Nc5cccc(-c6cccc7c6CCN7C(=O)c6cc7n(n6)CCCC7N6CC[C@@H](C(=O)O)C6)c5Cl)n4C)C3)(CC1)C2. The minimum atomic E-state index is -0.752. The predicted octanol–water partition coefficient (Wildman–Crippen LogP) is 6.51. The topological polar surface area (TPSA) is 155 Å². The Morgan fingerprint density at radius 1 is 0.984 bits per heavy atom. The van der Waals surface area contributed by atoms with Gasteiger partial charge in [0.2, 0.25) is 0 Å². The highest BCUT2D eigenvalue weighted by Crippen LogP contribution is 2.63. The Labute approximate surface area is 360 Å². The highest BCUT2D eigenvalue weighted by Gasteiger charge is 2.58. The van der Waals surface area contributed by atoms with Gasteiger partial charge >= 0.3 is 11.9 Å². The lowest BCUT2D eigenvalue weighted by Gasteiger charge is -2.32. The van der Waals surface area contributed by atoms with Crippen molar-refractivity contribution in [3.05, 3.63) is 81.7 Å². The number of hydrogen-bond acceptors (Lipinski definition) is 9. The molecule has 2 aromatic heterocycles. The number of aryl methyl sites for hydroxylation is 1. The Kier molecular flexibility index (Phi) is 10.1. The number of hydrogen-bond donors (Lipinski definition) is 2. The number of carboxylic acids is 1. The van der Waals surface area contributed by atoms with E-state index in [-0.39, 0.29) is 40.6 Å². The van der Waals surface area contributed by atoms with Crippen molar-refractivity contribution in [1.82, 2.24) is 29.1 Å². The minimum Gasteiger partial charge on any atom is -0.481 e. The molecular weight excluding hydrogens is 796 g/mol. The van der Waals surface area contributed by atoms with Crippen molar-refractivity contribution in [2.45, 2.75) is 89.8 Å². The van der Waals surface area contributed by atoms with Crippen molar-refractivity contribution in [2.24, 2.45) is 23.8 Å². The fourth-order valence-electron chi connectivity index (χ4n) is 11.8. The van der Waals surface area contributed by atoms with E-state index in [1.807, 2.05) is 52.7 Å². The summed E-state index contributed by atoms with van der Waals surface area (Å²) in [5.74, 6) is -1.31. The number of nitrogens with zero attached hydrogens (tertiary/aromatic N) is 7. The summed E-state index contributed by atoms with van der Waals surface area (Å²) in [4.78, 5) is 63.6. The Balaban J connectivity index is 0.820. The quantitative estimate of drug-likeness (QED) is 0.169. The molecule has 2 aromatic carbocycles. The molecule has 1 saturated heterocycles. The molecule has 2 aliphatic carbocycles. The first kappa shape index (κ1) is 40.0. The second kappa shape index (κ2) is 15.4. The molecular formula is C46H53ClN8O6. The number of benzene rings is 2. The number of ether oxygens (including phenoxy) is 1. The number of imidazole rings is 1. The maximum atomic E-state index is 14.2. The molecule has 2 amide bonds. The van der Waals surface area contributed by atoms with E-state index < -0.39 is 5.97 Å². The Morgan fingerprint density at radius 3 is 2.57 bits per heavy atom. The van der Waals surface area contributed by atoms with Crippen molar-refractivity contribution in [2.75, 3.05) is 50.1 Å². The zero-order valence-corrected chi connectivity index (χ0v) is 35.7. The molecule has 4 aliphatic heterocycles. The molecule has 2 atom stereocenters. The second-order valence-electron chi connectivity index (χ2n) is 18.4. The molecule has 10 rings (SSSR count). The summed E-state index contributed by atoms with van der Waals surface area (Å²) in [7, 11) is 3.41. The van der Waals surface area contributed by atoms with Crippen LogP contribution in [0.15, 0.2) is 42.5 Å². The molecule has 4 aromatic rings. The number of amides is 2. The van der Waals surface area contributed by atoms with Crippen LogP contribution in [0, 0.1) is 16.7 Å². The van der Waals surface area contributed by atoms with Crippen LogP contribution < -0.4 is 10.2 Å². The summed E-state index contributed by atoms with van der Waals surface area (Å²) in [6.45, 7) is 4.97. The second-order valence-corrected chi connectivity index (χ2v) is 18.8. The summed E-state index contributed by atoms with van der Waals surface area (Å²) < 4.78 is 9.02. The van der Waals surface area contributed by atoms with Gasteiger partial charge in [0.1, 0.15) is 0 Å². The summed E-state index contributed by atoms with van der Waals surface area (Å²) in [5, 5.41) is 17.8. The van der Waals surface area contributed by atoms with E-state index in [1.54, 1.807) is 11.0 Å². The minimum absolute atomic E-state index is 0.0384. The van der Waals surface area contributed by atoms with Crippen molar-refractivity contribution in [3.63, 3.8) is 0 Å². The number of carbonyl (C=O) groups excluding carboxylic acids is 3. The van der Waals surface area contributed by atoms with Gasteiger partial charge in [0.05, 0.1) is 46.6 Å². The van der Waals surface area contributed by atoms with E-state index in [0.717, 1.165) is 123 Å². The molecule has 1 unspecified atom stereocenters. The fourth-order valence-corrected chi connectivity index (χ4v) is 12.1. The van der Waals surface area contributed by atoms with Gasteiger partial charge in [0.15, 0.2) is 11.5 Å². The van der Waals surface area contributed by atoms with Gasteiger partial charge in [-0.1, -0.05) is 35.9 Å². The molecule has 2 N–H and O–H groups in total. The van der Waals surface area contributed by atoms with Crippen LogP contribution in [0.1, 0.15) is 108 Å². The smallest absolute Gasteiger partial charge is 0.311 e. The van der Waals surface area contributed by atoms with Crippen LogP contribution in [0.3, 0.4) is 0 Å². The molecule has 2 bridgehead atoms. The van der Waals surface area contributed by atoms with Crippen LogP contribution in [0.2, 0.25) is 5.02 Å². The lowest BCUT2D eigenvalue weighted by molar-refractivity contribution is -0.152. The van der Waals surface area contributed by atoms with Gasteiger partial charge in [-0.3, -0.25) is 33.7 Å². The van der Waals surface area contributed by atoms with Crippen LogP contribution in [0.25, 0.3) is 11.1 Å². The van der Waals surface area contributed by atoms with E-state index in [9.17, 15) is 24.3 Å². The largest absolute Gasteiger partial charge is 0.481 e. The fraction of sp³-hybridized carbons (Fsp3) is 0.522. The van der Waals surface area contributed by atoms with Crippen molar-refractivity contribution in [3.8, 4) is 11.1 Å². The lowest BCUT2D eigenvalue weighted by atomic mass is 9.80. The molecule has 320 valence electrons. The number of rotatable bonds is 10. The van der Waals surface area contributed by atoms with Crippen LogP contribution in [0.4, 0.5) is 11.4 Å². The van der Waals surface area contributed by atoms with Crippen LogP contribution in [-0.2, 0) is 47.3 Å². The maximum absolute atomic E-state index is 14.2. The first-order valence-corrected chi connectivity index (χ1v) is 22.3. The van der Waals surface area contributed by atoms with E-state index in [0.29, 0.717) is 54.7 Å². The van der Waals surface area contributed by atoms with Gasteiger partial charge in [0, 0.05) is 63.1 Å². The van der Waals surface area contributed by atoms with Crippen LogP contribution >= 0.6 is 11.6 Å². The molecule has 0 radical (unpaired) electrons. The van der Waals surface area contributed by atoms with Gasteiger partial charge in [-0.15, -0.1) is 0 Å². The normalized spacial score (nSPS) is 25.7. The Bertz CT molecular complexity index is 2450. The molecule has 6 heterocycles. The lowest BCUT2D eigenvalue weighted by Crippen LogP contribution is -2.34. The average Bonchev–Trinajstić information content (AvgIpc) is 4.14. The third-order valence-electron chi connectivity index (χ3n) is 15.1. The number of anilines is 2. The molecule has 14 nitrogen and oxygen atoms in total. The van der Waals surface area contributed by atoms with Crippen LogP contribution in [0.5, 0.6) is 0 Å². The summed E-state index contributed by atoms with van der Waals surface area (Å²) in [6, 6.07) is 13.5. The number of halogens is 1. The van der Waals surface area contributed by atoms with Crippen LogP contribution in [-0.4, -0.2) is 97.8 Å². The van der Waals surface area contributed by atoms with E-state index in [1.165, 1.54) is 7.11 Å². The van der Waals surface area contributed by atoms with E-state index in [4.69, 9.17) is 26.4 Å². The summed E-state index contributed by atoms with van der Waals surface area (Å²) >= 11 is 7.13. The first-order valence-electron chi connectivity index (χ1n) is 21.9. The number of carboxylic acid groups (broad SMARTS) is 1. The van der Waals surface area contributed by atoms with Crippen molar-refractivity contribution < 1.29 is 29.0 Å². The van der Waals surface area contributed by atoms with Gasteiger partial charge in [0.25, 0.3) is 11.8 Å². The monoisotopic (exact) mass is 848 g/mol. The highest BCUT2D eigenvalue weighted by atomic mass is 35.5. The number of aromatic nitrogens is 4. The number of likely N-dealkylation sites (tertiary alicyclic amines) is 1. The third-order valence-corrected chi connectivity index (χ3v) is 15.5. The molecule has 6 aliphatic rings. The number of esters is 1. The zero-order chi connectivity index (χ0) is 42.2. The van der Waals surface area contributed by atoms with Gasteiger partial charge in [-0.2, -0.15) is 5.10 Å². The Hall–Kier alpha value is -5.05. The molecule has 61 heavy (non-hydrogen) atoms. The number of nitrogens with one attached hydrogen (secondary N) is 1. The Morgan fingerprint density at radius 2 is 1.79 bits per heavy atom. The molecule has 3 fully saturated rings. The number of fused-ring (bicyclic) bond motifs is 5. The molecule has 15 heteroatoms. The van der Waals surface area contributed by atoms with Crippen molar-refractivity contribution in [1.29, 1.82) is 0 Å². The van der Waals surface area contributed by atoms with E-state index >= 15 is 0 Å². The number of carbonyl (C=O) groups is 4. The third kappa shape index (κ3) is 6.85. The highest BCUT2D eigenvalue weighted by molar-refractivity contribution is 6.36. The predicted molar refractivity (Wildman–Crippen MR) is 229 cm³/mol. The summed E-state index contributed by atoms with van der Waals surface area (Å²) in [5.41, 5.74) is 7.26. The summed E-state index contributed by atoms with van der Waals surface area (Å²) in [6.07, 6.45) is 9.91. The van der Waals surface area contributed by atoms with Gasteiger partial charge < -0.3 is 24.6 Å². The average molecular weight is 849 g/mol. The first-order chi connectivity index (χ1) is 29.5. The van der Waals surface area contributed by atoms with Gasteiger partial charge in [-0.05, 0) is 112 Å². The standard InChI is InChI=1S/C46H53ClN8O6/c1-51-36-13-20-52(23-18-45-14-16-46(27-45,17-15-45)44(60)61-2)26-34(36)48-40(51)41(56)49-32-8-3-7-31(39(32)47)29-6-4-9-35-30(29)12-22-54(35)42(57)33-24-38-37(10-5-19-55(38)50-33)53-21-11-28(25-53)43(58)59/h3-4,6-9,24,28,37H,5,10-23,25-27H2,1-2H3,(H,49,56)(H,58,59)/t28-,37?,45?,46?/m1/s1. The van der Waals surface area contributed by atoms with E-state index in [2.05, 4.69) is 15.1 Å². The number of methoxy groups -OCH3 is 1. The van der Waals surface area contributed by atoms with Crippen molar-refractivity contribution >= 4 is 46.7 Å². The maximum Gasteiger partial charge on any atom is 0.311 e.